The zero-order valence-electron chi connectivity index (χ0n) is 9.84. The molecule has 2 aromatic heterocycles. The summed E-state index contributed by atoms with van der Waals surface area (Å²) in [5, 5.41) is 6.35. The van der Waals surface area contributed by atoms with E-state index in [1.165, 1.54) is 11.3 Å². The second-order valence-electron chi connectivity index (χ2n) is 4.03. The minimum Gasteiger partial charge on any atom is -0.338 e. The molecule has 0 radical (unpaired) electrons. The van der Waals surface area contributed by atoms with Crippen molar-refractivity contribution in [1.29, 1.82) is 0 Å². The SMILES string of the molecule is O=C(Cn1ccc2ccc(Br)cc21)Nc1nccs1. The Morgan fingerprint density at radius 1 is 1.42 bits per heavy atom. The van der Waals surface area contributed by atoms with Crippen molar-refractivity contribution in [2.75, 3.05) is 5.32 Å². The molecule has 3 aromatic rings. The predicted molar refractivity (Wildman–Crippen MR) is 80.4 cm³/mol. The van der Waals surface area contributed by atoms with Gasteiger partial charge < -0.3 is 9.88 Å². The van der Waals surface area contributed by atoms with E-state index in [2.05, 4.69) is 26.2 Å². The van der Waals surface area contributed by atoms with Gasteiger partial charge in [-0.1, -0.05) is 22.0 Å². The van der Waals surface area contributed by atoms with Gasteiger partial charge in [-0.2, -0.15) is 0 Å². The smallest absolute Gasteiger partial charge is 0.246 e. The van der Waals surface area contributed by atoms with E-state index in [9.17, 15) is 4.79 Å². The summed E-state index contributed by atoms with van der Waals surface area (Å²) in [5.74, 6) is -0.0765. The van der Waals surface area contributed by atoms with Crippen molar-refractivity contribution in [1.82, 2.24) is 9.55 Å². The number of fused-ring (bicyclic) bond motifs is 1. The first-order valence-electron chi connectivity index (χ1n) is 5.66. The van der Waals surface area contributed by atoms with Crippen molar-refractivity contribution < 1.29 is 4.79 Å². The fourth-order valence-electron chi connectivity index (χ4n) is 1.89. The molecule has 0 saturated carbocycles. The molecule has 2 heterocycles. The van der Waals surface area contributed by atoms with E-state index in [4.69, 9.17) is 0 Å². The Balaban J connectivity index is 1.81. The number of rotatable bonds is 3. The molecular weight excluding hydrogens is 326 g/mol. The van der Waals surface area contributed by atoms with Gasteiger partial charge in [0.05, 0.1) is 0 Å². The summed E-state index contributed by atoms with van der Waals surface area (Å²) >= 11 is 4.85. The molecule has 0 unspecified atom stereocenters. The monoisotopic (exact) mass is 335 g/mol. The number of nitrogens with zero attached hydrogens (tertiary/aromatic N) is 2. The quantitative estimate of drug-likeness (QED) is 0.796. The van der Waals surface area contributed by atoms with Gasteiger partial charge in [0, 0.05) is 27.8 Å². The third-order valence-electron chi connectivity index (χ3n) is 2.73. The van der Waals surface area contributed by atoms with Crippen LogP contribution in [-0.4, -0.2) is 15.5 Å². The Bertz CT molecular complexity index is 721. The number of halogens is 1. The third-order valence-corrected chi connectivity index (χ3v) is 3.91. The largest absolute Gasteiger partial charge is 0.338 e. The minimum absolute atomic E-state index is 0.0765. The predicted octanol–water partition coefficient (Wildman–Crippen LogP) is 3.50. The first kappa shape index (κ1) is 12.4. The molecular formula is C13H10BrN3OS. The van der Waals surface area contributed by atoms with E-state index in [1.807, 2.05) is 40.4 Å². The Labute approximate surface area is 122 Å². The lowest BCUT2D eigenvalue weighted by atomic mass is 10.2. The summed E-state index contributed by atoms with van der Waals surface area (Å²) in [6.45, 7) is 0.277. The number of hydrogen-bond acceptors (Lipinski definition) is 3. The highest BCUT2D eigenvalue weighted by molar-refractivity contribution is 9.10. The van der Waals surface area contributed by atoms with Crippen molar-refractivity contribution >= 4 is 49.2 Å². The van der Waals surface area contributed by atoms with Gasteiger partial charge in [-0.15, -0.1) is 11.3 Å². The molecule has 0 saturated heterocycles. The normalized spacial score (nSPS) is 10.8. The zero-order chi connectivity index (χ0) is 13.2. The highest BCUT2D eigenvalue weighted by Gasteiger charge is 2.08. The number of benzene rings is 1. The topological polar surface area (TPSA) is 46.9 Å². The number of carbonyl (C=O) groups excluding carboxylic acids is 1. The number of carbonyl (C=O) groups is 1. The second kappa shape index (κ2) is 5.14. The molecule has 0 aliphatic rings. The molecule has 19 heavy (non-hydrogen) atoms. The van der Waals surface area contributed by atoms with Crippen molar-refractivity contribution in [3.05, 3.63) is 46.5 Å². The van der Waals surface area contributed by atoms with Crippen LogP contribution in [0.25, 0.3) is 10.9 Å². The maximum atomic E-state index is 11.9. The van der Waals surface area contributed by atoms with Crippen molar-refractivity contribution in [2.24, 2.45) is 0 Å². The highest BCUT2D eigenvalue weighted by atomic mass is 79.9. The Hall–Kier alpha value is -1.66. The molecule has 0 spiro atoms. The Morgan fingerprint density at radius 2 is 2.32 bits per heavy atom. The molecule has 3 rings (SSSR count). The number of thiazole rings is 1. The van der Waals surface area contributed by atoms with Crippen LogP contribution in [0.2, 0.25) is 0 Å². The maximum Gasteiger partial charge on any atom is 0.246 e. The molecule has 0 aliphatic carbocycles. The lowest BCUT2D eigenvalue weighted by Gasteiger charge is -2.05. The van der Waals surface area contributed by atoms with Gasteiger partial charge in [0.25, 0.3) is 0 Å². The molecule has 1 aromatic carbocycles. The second-order valence-corrected chi connectivity index (χ2v) is 5.84. The van der Waals surface area contributed by atoms with E-state index in [0.717, 1.165) is 15.4 Å². The zero-order valence-corrected chi connectivity index (χ0v) is 12.2. The van der Waals surface area contributed by atoms with E-state index in [0.29, 0.717) is 5.13 Å². The van der Waals surface area contributed by atoms with Gasteiger partial charge in [0.15, 0.2) is 5.13 Å². The molecule has 4 nitrogen and oxygen atoms in total. The van der Waals surface area contributed by atoms with E-state index < -0.39 is 0 Å². The van der Waals surface area contributed by atoms with Crippen LogP contribution in [0.3, 0.4) is 0 Å². The number of amides is 1. The fourth-order valence-corrected chi connectivity index (χ4v) is 2.79. The molecule has 0 bridgehead atoms. The summed E-state index contributed by atoms with van der Waals surface area (Å²) in [6, 6.07) is 8.02. The van der Waals surface area contributed by atoms with Crippen LogP contribution in [0.1, 0.15) is 0 Å². The summed E-state index contributed by atoms with van der Waals surface area (Å²) in [7, 11) is 0. The summed E-state index contributed by atoms with van der Waals surface area (Å²) < 4.78 is 2.92. The van der Waals surface area contributed by atoms with Crippen LogP contribution in [0, 0.1) is 0 Å². The van der Waals surface area contributed by atoms with Gasteiger partial charge in [-0.3, -0.25) is 4.79 Å². The van der Waals surface area contributed by atoms with E-state index in [1.54, 1.807) is 6.20 Å². The van der Waals surface area contributed by atoms with Crippen molar-refractivity contribution in [3.63, 3.8) is 0 Å². The third kappa shape index (κ3) is 2.69. The minimum atomic E-state index is -0.0765. The first-order chi connectivity index (χ1) is 9.22. The van der Waals surface area contributed by atoms with E-state index in [-0.39, 0.29) is 12.5 Å². The average Bonchev–Trinajstić information content (AvgIpc) is 3.00. The van der Waals surface area contributed by atoms with Crippen LogP contribution >= 0.6 is 27.3 Å². The van der Waals surface area contributed by atoms with Crippen molar-refractivity contribution in [2.45, 2.75) is 6.54 Å². The Morgan fingerprint density at radius 3 is 3.11 bits per heavy atom. The van der Waals surface area contributed by atoms with E-state index >= 15 is 0 Å². The number of nitrogens with one attached hydrogen (secondary N) is 1. The summed E-state index contributed by atoms with van der Waals surface area (Å²) in [4.78, 5) is 16.0. The van der Waals surface area contributed by atoms with Crippen LogP contribution in [-0.2, 0) is 11.3 Å². The highest BCUT2D eigenvalue weighted by Crippen LogP contribution is 2.21. The van der Waals surface area contributed by atoms with Gasteiger partial charge in [0.2, 0.25) is 5.91 Å². The first-order valence-corrected chi connectivity index (χ1v) is 7.33. The number of anilines is 1. The molecule has 1 amide bonds. The summed E-state index contributed by atoms with van der Waals surface area (Å²) in [6.07, 6.45) is 3.58. The molecule has 96 valence electrons. The van der Waals surface area contributed by atoms with Crippen LogP contribution < -0.4 is 5.32 Å². The van der Waals surface area contributed by atoms with Gasteiger partial charge in [-0.25, -0.2) is 4.98 Å². The Kier molecular flexibility index (Phi) is 3.35. The van der Waals surface area contributed by atoms with Gasteiger partial charge in [-0.05, 0) is 23.6 Å². The average molecular weight is 336 g/mol. The lowest BCUT2D eigenvalue weighted by Crippen LogP contribution is -2.18. The van der Waals surface area contributed by atoms with Crippen LogP contribution in [0.4, 0.5) is 5.13 Å². The lowest BCUT2D eigenvalue weighted by molar-refractivity contribution is -0.116. The van der Waals surface area contributed by atoms with Gasteiger partial charge in [0.1, 0.15) is 6.54 Å². The van der Waals surface area contributed by atoms with Crippen LogP contribution in [0.15, 0.2) is 46.5 Å². The number of hydrogen-bond donors (Lipinski definition) is 1. The molecule has 1 N–H and O–H groups in total. The molecule has 0 fully saturated rings. The standard InChI is InChI=1S/C13H10BrN3OS/c14-10-2-1-9-3-5-17(11(9)7-10)8-12(18)16-13-15-4-6-19-13/h1-7H,8H2,(H,15,16,18). The van der Waals surface area contributed by atoms with Gasteiger partial charge >= 0.3 is 0 Å². The molecule has 0 aliphatic heterocycles. The maximum absolute atomic E-state index is 11.9. The molecule has 0 atom stereocenters. The van der Waals surface area contributed by atoms with Crippen LogP contribution in [0.5, 0.6) is 0 Å². The fraction of sp³-hybridized carbons (Fsp3) is 0.0769. The van der Waals surface area contributed by atoms with Crippen molar-refractivity contribution in [3.8, 4) is 0 Å². The summed E-state index contributed by atoms with van der Waals surface area (Å²) in [5.41, 5.74) is 1.03. The molecule has 6 heteroatoms. The number of aromatic nitrogens is 2.